The number of nitrogens with zero attached hydrogens (tertiary/aromatic N) is 3. The molecule has 3 rings (SSSR count). The zero-order chi connectivity index (χ0) is 17.8. The fourth-order valence-corrected chi connectivity index (χ4v) is 2.83. The molecule has 0 bridgehead atoms. The molecule has 0 saturated carbocycles. The Labute approximate surface area is 154 Å². The number of halogens is 1. The van der Waals surface area contributed by atoms with Gasteiger partial charge in [0.1, 0.15) is 0 Å². The van der Waals surface area contributed by atoms with Crippen LogP contribution in [0.15, 0.2) is 57.5 Å². The van der Waals surface area contributed by atoms with E-state index in [1.807, 2.05) is 55.5 Å². The molecule has 25 heavy (non-hydrogen) atoms. The van der Waals surface area contributed by atoms with Crippen molar-refractivity contribution in [1.29, 1.82) is 0 Å². The minimum Gasteiger partial charge on any atom is -0.337 e. The highest BCUT2D eigenvalue weighted by molar-refractivity contribution is 9.10. The molecule has 0 aliphatic carbocycles. The van der Waals surface area contributed by atoms with Crippen LogP contribution in [0.25, 0.3) is 11.4 Å². The molecule has 0 spiro atoms. The van der Waals surface area contributed by atoms with E-state index in [4.69, 9.17) is 4.52 Å². The predicted octanol–water partition coefficient (Wildman–Crippen LogP) is 4.01. The average molecular weight is 400 g/mol. The molecule has 5 nitrogen and oxygen atoms in total. The summed E-state index contributed by atoms with van der Waals surface area (Å²) in [5.74, 6) is 0.941. The maximum absolute atomic E-state index is 12.4. The van der Waals surface area contributed by atoms with E-state index in [1.54, 1.807) is 11.9 Å². The highest BCUT2D eigenvalue weighted by Crippen LogP contribution is 2.17. The molecule has 128 valence electrons. The molecule has 6 heteroatoms. The van der Waals surface area contributed by atoms with Gasteiger partial charge < -0.3 is 9.42 Å². The van der Waals surface area contributed by atoms with E-state index in [0.29, 0.717) is 18.1 Å². The van der Waals surface area contributed by atoms with Crippen molar-refractivity contribution in [2.24, 2.45) is 0 Å². The van der Waals surface area contributed by atoms with Gasteiger partial charge in [-0.25, -0.2) is 0 Å². The first kappa shape index (κ1) is 17.4. The Morgan fingerprint density at radius 3 is 2.68 bits per heavy atom. The lowest BCUT2D eigenvalue weighted by atomic mass is 10.1. The summed E-state index contributed by atoms with van der Waals surface area (Å²) in [6.07, 6.45) is 0.328. The van der Waals surface area contributed by atoms with Gasteiger partial charge in [-0.2, -0.15) is 4.98 Å². The van der Waals surface area contributed by atoms with E-state index in [0.717, 1.165) is 15.6 Å². The predicted molar refractivity (Wildman–Crippen MR) is 98.8 cm³/mol. The molecule has 1 aromatic heterocycles. The van der Waals surface area contributed by atoms with Gasteiger partial charge in [-0.05, 0) is 24.6 Å². The number of rotatable bonds is 5. The zero-order valence-electron chi connectivity index (χ0n) is 14.1. The summed E-state index contributed by atoms with van der Waals surface area (Å²) < 4.78 is 6.24. The first-order valence-corrected chi connectivity index (χ1v) is 8.68. The third kappa shape index (κ3) is 4.54. The Kier molecular flexibility index (Phi) is 5.28. The second-order valence-corrected chi connectivity index (χ2v) is 6.85. The van der Waals surface area contributed by atoms with Crippen molar-refractivity contribution in [3.63, 3.8) is 0 Å². The number of benzene rings is 2. The first-order chi connectivity index (χ1) is 12.0. The maximum Gasteiger partial charge on any atom is 0.246 e. The molecule has 0 atom stereocenters. The number of hydrogen-bond acceptors (Lipinski definition) is 4. The van der Waals surface area contributed by atoms with E-state index in [-0.39, 0.29) is 12.5 Å². The minimum atomic E-state index is -0.00631. The topological polar surface area (TPSA) is 59.2 Å². The smallest absolute Gasteiger partial charge is 0.246 e. The lowest BCUT2D eigenvalue weighted by Gasteiger charge is -2.14. The van der Waals surface area contributed by atoms with Crippen LogP contribution in [0.4, 0.5) is 0 Å². The van der Waals surface area contributed by atoms with Crippen LogP contribution in [-0.4, -0.2) is 28.0 Å². The maximum atomic E-state index is 12.4. The molecule has 1 amide bonds. The molecule has 0 fully saturated rings. The molecule has 0 N–H and O–H groups in total. The zero-order valence-corrected chi connectivity index (χ0v) is 15.7. The van der Waals surface area contributed by atoms with Gasteiger partial charge >= 0.3 is 0 Å². The van der Waals surface area contributed by atoms with Gasteiger partial charge in [-0.15, -0.1) is 0 Å². The SMILES string of the molecule is Cc1ccc(-c2noc(CN(C)C(=O)Cc3cccc(Br)c3)n2)cc1. The van der Waals surface area contributed by atoms with E-state index in [2.05, 4.69) is 26.1 Å². The van der Waals surface area contributed by atoms with Gasteiger partial charge in [0.2, 0.25) is 17.6 Å². The molecule has 0 unspecified atom stereocenters. The van der Waals surface area contributed by atoms with Crippen LogP contribution in [-0.2, 0) is 17.8 Å². The Hall–Kier alpha value is -2.47. The number of likely N-dealkylation sites (N-methyl/N-ethyl adjacent to an activating group) is 1. The summed E-state index contributed by atoms with van der Waals surface area (Å²) in [7, 11) is 1.73. The third-order valence-corrected chi connectivity index (χ3v) is 4.31. The number of amides is 1. The van der Waals surface area contributed by atoms with E-state index >= 15 is 0 Å². The second kappa shape index (κ2) is 7.61. The number of carbonyl (C=O) groups excluding carboxylic acids is 1. The van der Waals surface area contributed by atoms with E-state index in [1.165, 1.54) is 5.56 Å². The quantitative estimate of drug-likeness (QED) is 0.650. The molecule has 3 aromatic rings. The van der Waals surface area contributed by atoms with Crippen LogP contribution in [0.5, 0.6) is 0 Å². The largest absolute Gasteiger partial charge is 0.337 e. The summed E-state index contributed by atoms with van der Waals surface area (Å²) in [6, 6.07) is 15.6. The van der Waals surface area contributed by atoms with Crippen LogP contribution in [0.1, 0.15) is 17.0 Å². The molecule has 0 saturated heterocycles. The normalized spacial score (nSPS) is 10.7. The summed E-state index contributed by atoms with van der Waals surface area (Å²) >= 11 is 3.41. The van der Waals surface area contributed by atoms with Crippen molar-refractivity contribution in [3.05, 3.63) is 70.0 Å². The standard InChI is InChI=1S/C19H18BrN3O2/c1-13-6-8-15(9-7-13)19-21-17(25-22-19)12-23(2)18(24)11-14-4-3-5-16(20)10-14/h3-10H,11-12H2,1-2H3. The number of hydrogen-bond donors (Lipinski definition) is 0. The van der Waals surface area contributed by atoms with E-state index in [9.17, 15) is 4.79 Å². The average Bonchev–Trinajstić information content (AvgIpc) is 3.04. The van der Waals surface area contributed by atoms with Crippen molar-refractivity contribution in [2.45, 2.75) is 19.9 Å². The Balaban J connectivity index is 1.63. The van der Waals surface area contributed by atoms with Crippen LogP contribution in [0.3, 0.4) is 0 Å². The second-order valence-electron chi connectivity index (χ2n) is 5.93. The fourth-order valence-electron chi connectivity index (χ4n) is 2.39. The number of aryl methyl sites for hydroxylation is 1. The third-order valence-electron chi connectivity index (χ3n) is 3.82. The van der Waals surface area contributed by atoms with Crippen molar-refractivity contribution in [3.8, 4) is 11.4 Å². The van der Waals surface area contributed by atoms with E-state index < -0.39 is 0 Å². The molecular formula is C19H18BrN3O2. The van der Waals surface area contributed by atoms with Crippen LogP contribution in [0.2, 0.25) is 0 Å². The number of carbonyl (C=O) groups is 1. The molecule has 1 heterocycles. The van der Waals surface area contributed by atoms with Crippen LogP contribution in [0, 0.1) is 6.92 Å². The molecule has 0 aliphatic heterocycles. The summed E-state index contributed by atoms with van der Waals surface area (Å²) in [5.41, 5.74) is 3.02. The highest BCUT2D eigenvalue weighted by Gasteiger charge is 2.15. The van der Waals surface area contributed by atoms with Gasteiger partial charge in [0.15, 0.2) is 0 Å². The fraction of sp³-hybridized carbons (Fsp3) is 0.211. The van der Waals surface area contributed by atoms with Gasteiger partial charge in [-0.3, -0.25) is 4.79 Å². The molecular weight excluding hydrogens is 382 g/mol. The monoisotopic (exact) mass is 399 g/mol. The van der Waals surface area contributed by atoms with Gasteiger partial charge in [0.25, 0.3) is 0 Å². The van der Waals surface area contributed by atoms with Gasteiger partial charge in [0.05, 0.1) is 13.0 Å². The Morgan fingerprint density at radius 2 is 1.96 bits per heavy atom. The van der Waals surface area contributed by atoms with Crippen molar-refractivity contribution in [1.82, 2.24) is 15.0 Å². The lowest BCUT2D eigenvalue weighted by molar-refractivity contribution is -0.130. The van der Waals surface area contributed by atoms with Crippen molar-refractivity contribution < 1.29 is 9.32 Å². The number of aromatic nitrogens is 2. The summed E-state index contributed by atoms with van der Waals surface area (Å²) in [4.78, 5) is 18.3. The van der Waals surface area contributed by atoms with Crippen LogP contribution >= 0.6 is 15.9 Å². The van der Waals surface area contributed by atoms with Crippen molar-refractivity contribution in [2.75, 3.05) is 7.05 Å². The van der Waals surface area contributed by atoms with Gasteiger partial charge in [0, 0.05) is 17.1 Å². The molecule has 0 radical (unpaired) electrons. The Bertz CT molecular complexity index is 874. The Morgan fingerprint density at radius 1 is 1.20 bits per heavy atom. The molecule has 2 aromatic carbocycles. The van der Waals surface area contributed by atoms with Crippen molar-refractivity contribution >= 4 is 21.8 Å². The summed E-state index contributed by atoms with van der Waals surface area (Å²) in [6.45, 7) is 2.31. The minimum absolute atomic E-state index is 0.00631. The highest BCUT2D eigenvalue weighted by atomic mass is 79.9. The summed E-state index contributed by atoms with van der Waals surface area (Å²) in [5, 5.41) is 3.99. The molecule has 0 aliphatic rings. The lowest BCUT2D eigenvalue weighted by Crippen LogP contribution is -2.27. The van der Waals surface area contributed by atoms with Crippen LogP contribution < -0.4 is 0 Å². The first-order valence-electron chi connectivity index (χ1n) is 7.89. The van der Waals surface area contributed by atoms with Gasteiger partial charge in [-0.1, -0.05) is 63.0 Å².